The summed E-state index contributed by atoms with van der Waals surface area (Å²) >= 11 is 0. The fourth-order valence-corrected chi connectivity index (χ4v) is 7.47. The molecule has 0 radical (unpaired) electrons. The van der Waals surface area contributed by atoms with Gasteiger partial charge in [0.2, 0.25) is 23.8 Å². The number of hydrogen-bond donors (Lipinski definition) is 6. The molecule has 17 nitrogen and oxygen atoms in total. The SMILES string of the molecule is N#CCC1CCN(c2nc(Nc3cccc(CO)c3)c3c(=O)[nH][n+](-c4ccc(Nc5nc(N6CCCCCC6)nc6cn[nH]c(=O)c56)cc4CO)cc3n2)CC1. The molecule has 56 heavy (non-hydrogen) atoms. The Morgan fingerprint density at radius 2 is 1.48 bits per heavy atom. The van der Waals surface area contributed by atoms with Crippen LogP contribution in [0.5, 0.6) is 0 Å². The minimum absolute atomic E-state index is 0.143. The van der Waals surface area contributed by atoms with E-state index in [1.807, 2.05) is 12.1 Å². The number of aromatic nitrogens is 8. The molecule has 286 valence electrons. The van der Waals surface area contributed by atoms with Crippen LogP contribution in [-0.2, 0) is 13.2 Å². The van der Waals surface area contributed by atoms with E-state index in [2.05, 4.69) is 46.8 Å². The monoisotopic (exact) mass is 756 g/mol. The molecule has 0 saturated carbocycles. The Hall–Kier alpha value is -6.51. The number of hydrogen-bond acceptors (Lipinski definition) is 14. The summed E-state index contributed by atoms with van der Waals surface area (Å²) in [5.74, 6) is 1.88. The van der Waals surface area contributed by atoms with Crippen LogP contribution in [0.2, 0.25) is 0 Å². The number of aromatic amines is 2. The van der Waals surface area contributed by atoms with Gasteiger partial charge in [-0.2, -0.15) is 20.3 Å². The predicted molar refractivity (Wildman–Crippen MR) is 210 cm³/mol. The Labute approximate surface area is 320 Å². The highest BCUT2D eigenvalue weighted by atomic mass is 16.3. The van der Waals surface area contributed by atoms with Crippen LogP contribution in [0.25, 0.3) is 27.5 Å². The summed E-state index contributed by atoms with van der Waals surface area (Å²) in [6, 6.07) is 14.8. The topological polar surface area (TPSA) is 229 Å². The zero-order valence-electron chi connectivity index (χ0n) is 30.7. The maximum atomic E-state index is 13.9. The molecule has 2 aromatic carbocycles. The average molecular weight is 757 g/mol. The summed E-state index contributed by atoms with van der Waals surface area (Å²) in [5, 5.41) is 46.0. The maximum absolute atomic E-state index is 13.9. The van der Waals surface area contributed by atoms with Gasteiger partial charge < -0.3 is 30.6 Å². The first-order valence-electron chi connectivity index (χ1n) is 18.9. The number of nitriles is 1. The van der Waals surface area contributed by atoms with Gasteiger partial charge in [-0.15, -0.1) is 5.10 Å². The van der Waals surface area contributed by atoms with Crippen molar-refractivity contribution in [2.24, 2.45) is 5.92 Å². The van der Waals surface area contributed by atoms with Crippen LogP contribution in [0.15, 0.2) is 64.4 Å². The third kappa shape index (κ3) is 7.56. The van der Waals surface area contributed by atoms with Crippen LogP contribution >= 0.6 is 0 Å². The number of rotatable bonds is 10. The van der Waals surface area contributed by atoms with Crippen molar-refractivity contribution in [3.8, 4) is 11.8 Å². The van der Waals surface area contributed by atoms with Crippen LogP contribution in [0.4, 0.5) is 34.9 Å². The quantitative estimate of drug-likeness (QED) is 0.110. The molecule has 0 bridgehead atoms. The molecule has 2 saturated heterocycles. The first-order chi connectivity index (χ1) is 27.4. The van der Waals surface area contributed by atoms with Crippen molar-refractivity contribution < 1.29 is 14.9 Å². The van der Waals surface area contributed by atoms with Crippen LogP contribution < -0.4 is 36.2 Å². The lowest BCUT2D eigenvalue weighted by Gasteiger charge is -2.31. The summed E-state index contributed by atoms with van der Waals surface area (Å²) in [6.07, 6.45) is 9.69. The molecule has 0 aliphatic carbocycles. The van der Waals surface area contributed by atoms with E-state index in [4.69, 9.17) is 15.0 Å². The van der Waals surface area contributed by atoms with E-state index in [9.17, 15) is 25.1 Å². The van der Waals surface area contributed by atoms with Crippen molar-refractivity contribution in [3.05, 3.63) is 86.7 Å². The molecule has 4 aromatic heterocycles. The lowest BCUT2D eigenvalue weighted by Crippen LogP contribution is -2.42. The molecule has 2 fully saturated rings. The Balaban J connectivity index is 1.17. The molecule has 0 unspecified atom stereocenters. The largest absolute Gasteiger partial charge is 0.392 e. The maximum Gasteiger partial charge on any atom is 0.311 e. The Kier molecular flexibility index (Phi) is 10.5. The molecule has 0 atom stereocenters. The number of piperidine rings is 1. The standard InChI is InChI=1S/C39H41N13O4/c40-13-10-24-11-16-51(17-12-24)39-45-30-21-52(49-37(56)33(30)35(47-39)42-27-7-5-6-25(18-27)22-53)31-9-8-28(19-26(31)23-54)43-34-32-29(20-41-48-36(32)55)44-38(46-34)50-14-3-1-2-4-15-50/h5-9,18-21,24,53-54H,1-4,10-12,14-17,22-23H2,(H3-,42,43,44,45,46,47,48,49,55,56)/p+1. The van der Waals surface area contributed by atoms with E-state index >= 15 is 0 Å². The van der Waals surface area contributed by atoms with Crippen molar-refractivity contribution in [1.82, 2.24) is 35.2 Å². The van der Waals surface area contributed by atoms with Crippen molar-refractivity contribution in [2.45, 2.75) is 58.2 Å². The highest BCUT2D eigenvalue weighted by Crippen LogP contribution is 2.29. The molecule has 2 aliphatic heterocycles. The van der Waals surface area contributed by atoms with Crippen molar-refractivity contribution in [3.63, 3.8) is 0 Å². The molecule has 0 spiro atoms. The van der Waals surface area contributed by atoms with E-state index in [1.54, 1.807) is 36.5 Å². The summed E-state index contributed by atoms with van der Waals surface area (Å²) < 4.78 is 1.53. The van der Waals surface area contributed by atoms with Gasteiger partial charge in [-0.1, -0.05) is 29.7 Å². The van der Waals surface area contributed by atoms with Gasteiger partial charge in [-0.05, 0) is 61.4 Å². The van der Waals surface area contributed by atoms with Gasteiger partial charge in [0.05, 0.1) is 31.0 Å². The van der Waals surface area contributed by atoms with E-state index in [-0.39, 0.29) is 24.0 Å². The van der Waals surface area contributed by atoms with E-state index in [0.717, 1.165) is 51.6 Å². The summed E-state index contributed by atoms with van der Waals surface area (Å²) in [5.41, 5.74) is 2.76. The number of aliphatic hydroxyl groups is 2. The smallest absolute Gasteiger partial charge is 0.311 e. The molecular formula is C39H42N13O4+. The first kappa shape index (κ1) is 36.5. The predicted octanol–water partition coefficient (Wildman–Crippen LogP) is 3.60. The van der Waals surface area contributed by atoms with Crippen molar-refractivity contribution >= 4 is 56.7 Å². The van der Waals surface area contributed by atoms with Gasteiger partial charge in [0, 0.05) is 50.0 Å². The number of H-pyrrole nitrogens is 2. The second-order valence-electron chi connectivity index (χ2n) is 14.2. The van der Waals surface area contributed by atoms with Crippen LogP contribution in [-0.4, -0.2) is 71.6 Å². The third-order valence-corrected chi connectivity index (χ3v) is 10.4. The second kappa shape index (κ2) is 16.1. The number of nitrogens with one attached hydrogen (secondary N) is 4. The zero-order valence-corrected chi connectivity index (χ0v) is 30.7. The van der Waals surface area contributed by atoms with Crippen LogP contribution in [0, 0.1) is 17.2 Å². The minimum atomic E-state index is -0.463. The first-order valence-corrected chi connectivity index (χ1v) is 18.9. The van der Waals surface area contributed by atoms with Gasteiger partial charge in [-0.3, -0.25) is 9.59 Å². The zero-order chi connectivity index (χ0) is 38.6. The minimum Gasteiger partial charge on any atom is -0.392 e. The number of aliphatic hydroxyl groups excluding tert-OH is 2. The lowest BCUT2D eigenvalue weighted by atomic mass is 9.94. The second-order valence-corrected chi connectivity index (χ2v) is 14.2. The van der Waals surface area contributed by atoms with Gasteiger partial charge in [-0.25, -0.2) is 15.1 Å². The van der Waals surface area contributed by atoms with Gasteiger partial charge in [0.15, 0.2) is 5.52 Å². The molecule has 6 aromatic rings. The normalized spacial score (nSPS) is 15.2. The summed E-state index contributed by atoms with van der Waals surface area (Å²) in [6.45, 7) is 2.44. The van der Waals surface area contributed by atoms with Crippen molar-refractivity contribution in [2.75, 3.05) is 46.6 Å². The van der Waals surface area contributed by atoms with Crippen LogP contribution in [0.3, 0.4) is 0 Å². The Bertz CT molecular complexity index is 2550. The summed E-state index contributed by atoms with van der Waals surface area (Å²) in [4.78, 5) is 50.3. The number of nitrogens with zero attached hydrogens (tertiary/aromatic N) is 9. The molecule has 8 rings (SSSR count). The molecule has 6 N–H and O–H groups in total. The highest BCUT2D eigenvalue weighted by Gasteiger charge is 2.26. The highest BCUT2D eigenvalue weighted by molar-refractivity contribution is 5.91. The number of anilines is 6. The van der Waals surface area contributed by atoms with E-state index < -0.39 is 11.1 Å². The molecular weight excluding hydrogens is 715 g/mol. The lowest BCUT2D eigenvalue weighted by molar-refractivity contribution is -0.660. The molecule has 2 aliphatic rings. The molecule has 0 amide bonds. The van der Waals surface area contributed by atoms with Gasteiger partial charge in [0.25, 0.3) is 5.56 Å². The van der Waals surface area contributed by atoms with Gasteiger partial charge in [0.1, 0.15) is 27.9 Å². The Morgan fingerprint density at radius 1 is 0.804 bits per heavy atom. The van der Waals surface area contributed by atoms with E-state index in [0.29, 0.717) is 88.2 Å². The Morgan fingerprint density at radius 3 is 2.18 bits per heavy atom. The fraction of sp³-hybridized carbons (Fsp3) is 0.359. The average Bonchev–Trinajstić information content (AvgIpc) is 3.51. The van der Waals surface area contributed by atoms with Gasteiger partial charge >= 0.3 is 5.56 Å². The summed E-state index contributed by atoms with van der Waals surface area (Å²) in [7, 11) is 0. The molecule has 6 heterocycles. The third-order valence-electron chi connectivity index (χ3n) is 10.4. The molecule has 17 heteroatoms. The number of benzene rings is 2. The number of fused-ring (bicyclic) bond motifs is 2. The fourth-order valence-electron chi connectivity index (χ4n) is 7.47. The van der Waals surface area contributed by atoms with Crippen LogP contribution in [0.1, 0.15) is 56.1 Å². The van der Waals surface area contributed by atoms with E-state index in [1.165, 1.54) is 10.9 Å². The van der Waals surface area contributed by atoms with Crippen molar-refractivity contribution in [1.29, 1.82) is 5.26 Å².